The number of imidazole rings is 1. The average molecular weight is 332 g/mol. The standard InChI is InChI=1S/C19H20ClN3/c20-16-9-7-15(8-10-16)13-23-18-6-2-1-5-17(18)21-19(23)14-22-11-3-4-12-22/h1-2,5-10H,3-4,11-14H2/i3D2,4D2,13D2. The maximum Gasteiger partial charge on any atom is 0.124 e. The molecule has 1 aliphatic heterocycles. The first-order valence-electron chi connectivity index (χ1n) is 10.5. The molecule has 4 heteroatoms. The van der Waals surface area contributed by atoms with Gasteiger partial charge in [-0.15, -0.1) is 0 Å². The quantitative estimate of drug-likeness (QED) is 0.709. The minimum Gasteiger partial charge on any atom is -0.322 e. The summed E-state index contributed by atoms with van der Waals surface area (Å²) in [6.07, 6.45) is -3.95. The largest absolute Gasteiger partial charge is 0.322 e. The Hall–Kier alpha value is -1.84. The Kier molecular flexibility index (Phi) is 2.61. The second-order valence-electron chi connectivity index (χ2n) is 5.47. The van der Waals surface area contributed by atoms with Crippen molar-refractivity contribution in [1.29, 1.82) is 0 Å². The zero-order valence-corrected chi connectivity index (χ0v) is 13.2. The van der Waals surface area contributed by atoms with E-state index in [1.54, 1.807) is 41.3 Å². The van der Waals surface area contributed by atoms with Crippen molar-refractivity contribution in [3.63, 3.8) is 0 Å². The summed E-state index contributed by atoms with van der Waals surface area (Å²) in [5.41, 5.74) is 1.66. The van der Waals surface area contributed by atoms with Crippen molar-refractivity contribution in [2.75, 3.05) is 13.1 Å². The molecule has 2 aromatic carbocycles. The summed E-state index contributed by atoms with van der Waals surface area (Å²) in [6.45, 7) is -1.94. The minimum atomic E-state index is -1.97. The molecule has 0 amide bonds. The number of likely N-dealkylation sites (tertiary alicyclic amines) is 1. The maximum atomic E-state index is 8.83. The van der Waals surface area contributed by atoms with Crippen LogP contribution >= 0.6 is 11.6 Å². The molecule has 0 unspecified atom stereocenters. The normalized spacial score (nSPS) is 24.4. The van der Waals surface area contributed by atoms with Crippen LogP contribution in [-0.2, 0) is 13.0 Å². The highest BCUT2D eigenvalue weighted by Gasteiger charge is 2.17. The van der Waals surface area contributed by atoms with Gasteiger partial charge >= 0.3 is 0 Å². The number of hydrogen-bond acceptors (Lipinski definition) is 2. The average Bonchev–Trinajstić information content (AvgIpc) is 3.08. The lowest BCUT2D eigenvalue weighted by Gasteiger charge is -2.16. The van der Waals surface area contributed by atoms with E-state index < -0.39 is 19.2 Å². The third-order valence-electron chi connectivity index (χ3n) is 3.81. The molecule has 0 atom stereocenters. The van der Waals surface area contributed by atoms with Crippen LogP contribution in [0.1, 0.15) is 32.4 Å². The number of nitrogens with zero attached hydrogens (tertiary/aromatic N) is 3. The third kappa shape index (κ3) is 3.12. The Labute approximate surface area is 149 Å². The van der Waals surface area contributed by atoms with Crippen LogP contribution in [0.2, 0.25) is 5.02 Å². The zero-order chi connectivity index (χ0) is 21.0. The van der Waals surface area contributed by atoms with E-state index in [0.29, 0.717) is 27.4 Å². The Bertz CT molecular complexity index is 1030. The first-order valence-corrected chi connectivity index (χ1v) is 7.84. The molecule has 23 heavy (non-hydrogen) atoms. The molecule has 118 valence electrons. The van der Waals surface area contributed by atoms with Crippen LogP contribution in [0.5, 0.6) is 0 Å². The lowest BCUT2D eigenvalue weighted by molar-refractivity contribution is 0.318. The molecule has 0 saturated carbocycles. The Morgan fingerprint density at radius 1 is 1.09 bits per heavy atom. The molecule has 0 N–H and O–H groups in total. The van der Waals surface area contributed by atoms with Crippen LogP contribution < -0.4 is 0 Å². The van der Waals surface area contributed by atoms with E-state index in [0.717, 1.165) is 0 Å². The second-order valence-corrected chi connectivity index (χ2v) is 5.91. The van der Waals surface area contributed by atoms with Gasteiger partial charge in [0.25, 0.3) is 0 Å². The highest BCUT2D eigenvalue weighted by Crippen LogP contribution is 2.21. The predicted molar refractivity (Wildman–Crippen MR) is 94.8 cm³/mol. The topological polar surface area (TPSA) is 21.1 Å². The molecule has 1 aromatic heterocycles. The molecule has 1 fully saturated rings. The van der Waals surface area contributed by atoms with E-state index in [4.69, 9.17) is 19.8 Å². The monoisotopic (exact) mass is 331 g/mol. The predicted octanol–water partition coefficient (Wildman–Crippen LogP) is 4.33. The van der Waals surface area contributed by atoms with Gasteiger partial charge in [0.1, 0.15) is 5.82 Å². The van der Waals surface area contributed by atoms with Crippen LogP contribution in [0, 0.1) is 0 Å². The molecule has 0 radical (unpaired) electrons. The van der Waals surface area contributed by atoms with Gasteiger partial charge in [-0.1, -0.05) is 35.9 Å². The summed E-state index contributed by atoms with van der Waals surface area (Å²) in [5.74, 6) is 0.416. The van der Waals surface area contributed by atoms with E-state index in [1.807, 2.05) is 12.1 Å². The highest BCUT2D eigenvalue weighted by molar-refractivity contribution is 6.30. The molecule has 2 heterocycles. The number of rotatable bonds is 4. The lowest BCUT2D eigenvalue weighted by Crippen LogP contribution is -2.21. The van der Waals surface area contributed by atoms with E-state index in [1.165, 1.54) is 4.57 Å². The van der Waals surface area contributed by atoms with Crippen molar-refractivity contribution in [3.05, 3.63) is 64.9 Å². The van der Waals surface area contributed by atoms with Gasteiger partial charge in [0, 0.05) is 17.0 Å². The fourth-order valence-electron chi connectivity index (χ4n) is 2.66. The highest BCUT2D eigenvalue weighted by atomic mass is 35.5. The maximum absolute atomic E-state index is 8.83. The number of hydrogen-bond donors (Lipinski definition) is 0. The Morgan fingerprint density at radius 3 is 2.61 bits per heavy atom. The number of halogens is 1. The van der Waals surface area contributed by atoms with E-state index in [2.05, 4.69) is 4.98 Å². The van der Waals surface area contributed by atoms with Crippen LogP contribution in [0.3, 0.4) is 0 Å². The van der Waals surface area contributed by atoms with Gasteiger partial charge in [0.15, 0.2) is 0 Å². The third-order valence-corrected chi connectivity index (χ3v) is 4.06. The van der Waals surface area contributed by atoms with Gasteiger partial charge in [-0.05, 0) is 55.7 Å². The number of para-hydroxylation sites is 2. The van der Waals surface area contributed by atoms with E-state index >= 15 is 0 Å². The van der Waals surface area contributed by atoms with Crippen LogP contribution in [0.4, 0.5) is 0 Å². The van der Waals surface area contributed by atoms with Gasteiger partial charge in [-0.3, -0.25) is 4.90 Å². The smallest absolute Gasteiger partial charge is 0.124 e. The minimum absolute atomic E-state index is 0.0762. The summed E-state index contributed by atoms with van der Waals surface area (Å²) in [6, 6.07) is 13.8. The fraction of sp³-hybridized carbons (Fsp3) is 0.316. The summed E-state index contributed by atoms with van der Waals surface area (Å²) in [7, 11) is 0. The van der Waals surface area contributed by atoms with Crippen molar-refractivity contribution in [1.82, 2.24) is 14.5 Å². The van der Waals surface area contributed by atoms with Gasteiger partial charge in [-0.25, -0.2) is 4.98 Å². The summed E-state index contributed by atoms with van der Waals surface area (Å²) >= 11 is 5.96. The van der Waals surface area contributed by atoms with Gasteiger partial charge in [-0.2, -0.15) is 0 Å². The van der Waals surface area contributed by atoms with Crippen molar-refractivity contribution in [2.24, 2.45) is 0 Å². The van der Waals surface area contributed by atoms with Gasteiger partial charge < -0.3 is 4.57 Å². The van der Waals surface area contributed by atoms with E-state index in [9.17, 15) is 0 Å². The van der Waals surface area contributed by atoms with Crippen molar-refractivity contribution < 1.29 is 8.22 Å². The van der Waals surface area contributed by atoms with Crippen molar-refractivity contribution in [2.45, 2.75) is 25.8 Å². The van der Waals surface area contributed by atoms with Crippen LogP contribution in [0.25, 0.3) is 11.0 Å². The number of benzene rings is 2. The first kappa shape index (κ1) is 9.45. The molecule has 0 bridgehead atoms. The second kappa shape index (κ2) is 6.34. The summed E-state index contributed by atoms with van der Waals surface area (Å²) < 4.78 is 51.0. The summed E-state index contributed by atoms with van der Waals surface area (Å²) in [4.78, 5) is 6.24. The molecule has 4 rings (SSSR count). The molecule has 0 aliphatic carbocycles. The van der Waals surface area contributed by atoms with Gasteiger partial charge in [0.05, 0.1) is 20.3 Å². The Morgan fingerprint density at radius 2 is 1.83 bits per heavy atom. The molecule has 3 nitrogen and oxygen atoms in total. The SMILES string of the molecule is [2H]C([2H])(c1ccc(Cl)cc1)n1c(CN2CC([2H])([2H])C([2H])([2H])C2)nc2ccccc21. The molecule has 0 spiro atoms. The van der Waals surface area contributed by atoms with Crippen LogP contribution in [-0.4, -0.2) is 27.5 Å². The molecule has 1 saturated heterocycles. The lowest BCUT2D eigenvalue weighted by atomic mass is 10.2. The molecule has 1 aliphatic rings. The molecular weight excluding hydrogens is 306 g/mol. The summed E-state index contributed by atoms with van der Waals surface area (Å²) in [5, 5.41) is 0.516. The first-order chi connectivity index (χ1) is 13.5. The number of fused-ring (bicyclic) bond motifs is 1. The number of aromatic nitrogens is 2. The molecule has 3 aromatic rings. The molecular formula is C19H20ClN3. The van der Waals surface area contributed by atoms with Crippen LogP contribution in [0.15, 0.2) is 48.5 Å². The zero-order valence-electron chi connectivity index (χ0n) is 18.5. The Balaban J connectivity index is 1.79. The van der Waals surface area contributed by atoms with Crippen molar-refractivity contribution in [3.8, 4) is 0 Å². The van der Waals surface area contributed by atoms with Crippen molar-refractivity contribution >= 4 is 22.6 Å². The van der Waals surface area contributed by atoms with E-state index in [-0.39, 0.29) is 19.6 Å². The van der Waals surface area contributed by atoms with Gasteiger partial charge in [0.2, 0.25) is 0 Å². The fourth-order valence-corrected chi connectivity index (χ4v) is 2.79.